The van der Waals surface area contributed by atoms with E-state index in [1.165, 1.54) is 0 Å². The molecule has 4 nitrogen and oxygen atoms in total. The fourth-order valence-corrected chi connectivity index (χ4v) is 1.55. The first-order valence-electron chi connectivity index (χ1n) is 5.45. The summed E-state index contributed by atoms with van der Waals surface area (Å²) in [4.78, 5) is 3.18. The minimum atomic E-state index is 0.493. The van der Waals surface area contributed by atoms with Crippen molar-refractivity contribution < 1.29 is 9.47 Å². The summed E-state index contributed by atoms with van der Waals surface area (Å²) in [6, 6.07) is 11.5. The molecule has 2 aromatic rings. The molecule has 0 saturated heterocycles. The van der Waals surface area contributed by atoms with Crippen molar-refractivity contribution in [2.75, 3.05) is 7.11 Å². The summed E-state index contributed by atoms with van der Waals surface area (Å²) in [5, 5.41) is 0. The van der Waals surface area contributed by atoms with E-state index in [4.69, 9.17) is 15.2 Å². The number of nitrogens with one attached hydrogen (secondary N) is 1. The van der Waals surface area contributed by atoms with Crippen molar-refractivity contribution in [1.29, 1.82) is 0 Å². The van der Waals surface area contributed by atoms with Gasteiger partial charge in [0, 0.05) is 18.3 Å². The third kappa shape index (κ3) is 3.01. The molecule has 1 aromatic carbocycles. The van der Waals surface area contributed by atoms with Crippen LogP contribution in [0.15, 0.2) is 36.4 Å². The van der Waals surface area contributed by atoms with Gasteiger partial charge in [0.05, 0.1) is 12.8 Å². The van der Waals surface area contributed by atoms with E-state index in [-0.39, 0.29) is 0 Å². The smallest absolute Gasteiger partial charge is 0.128 e. The second-order valence-corrected chi connectivity index (χ2v) is 3.68. The zero-order chi connectivity index (χ0) is 12.1. The highest BCUT2D eigenvalue weighted by Gasteiger charge is 2.00. The molecular formula is C13H16N2O2. The Morgan fingerprint density at radius 2 is 1.88 bits per heavy atom. The van der Waals surface area contributed by atoms with Crippen LogP contribution in [0.1, 0.15) is 11.4 Å². The van der Waals surface area contributed by atoms with Gasteiger partial charge in [0.25, 0.3) is 0 Å². The lowest BCUT2D eigenvalue weighted by Crippen LogP contribution is -1.99. The third-order valence-corrected chi connectivity index (χ3v) is 2.46. The molecule has 0 fully saturated rings. The number of methoxy groups -OCH3 is 1. The molecule has 0 atom stereocenters. The molecule has 0 aliphatic rings. The van der Waals surface area contributed by atoms with Crippen molar-refractivity contribution in [1.82, 2.24) is 4.98 Å². The molecular weight excluding hydrogens is 216 g/mol. The van der Waals surface area contributed by atoms with E-state index >= 15 is 0 Å². The van der Waals surface area contributed by atoms with Gasteiger partial charge in [0.15, 0.2) is 0 Å². The van der Waals surface area contributed by atoms with E-state index in [1.807, 2.05) is 36.4 Å². The maximum Gasteiger partial charge on any atom is 0.128 e. The van der Waals surface area contributed by atoms with Gasteiger partial charge in [-0.05, 0) is 24.3 Å². The monoisotopic (exact) mass is 232 g/mol. The Balaban J connectivity index is 1.96. The van der Waals surface area contributed by atoms with E-state index in [0.717, 1.165) is 22.9 Å². The molecule has 90 valence electrons. The molecule has 0 bridgehead atoms. The molecule has 4 heteroatoms. The number of rotatable bonds is 5. The number of aromatic nitrogens is 1. The SMILES string of the molecule is COc1cccc(OCc2ccc(CN)[nH]2)c1. The van der Waals surface area contributed by atoms with E-state index in [1.54, 1.807) is 7.11 Å². The average Bonchev–Trinajstić information content (AvgIpc) is 2.84. The summed E-state index contributed by atoms with van der Waals surface area (Å²) in [7, 11) is 1.64. The zero-order valence-electron chi connectivity index (χ0n) is 9.77. The normalized spacial score (nSPS) is 10.2. The summed E-state index contributed by atoms with van der Waals surface area (Å²) in [5.41, 5.74) is 7.54. The Morgan fingerprint density at radius 3 is 2.59 bits per heavy atom. The molecule has 1 heterocycles. The largest absolute Gasteiger partial charge is 0.497 e. The summed E-state index contributed by atoms with van der Waals surface area (Å²) < 4.78 is 10.8. The van der Waals surface area contributed by atoms with Crippen LogP contribution in [0, 0.1) is 0 Å². The van der Waals surface area contributed by atoms with Gasteiger partial charge in [-0.1, -0.05) is 6.07 Å². The molecule has 0 amide bonds. The van der Waals surface area contributed by atoms with E-state index < -0.39 is 0 Å². The highest BCUT2D eigenvalue weighted by molar-refractivity contribution is 5.32. The van der Waals surface area contributed by atoms with Crippen LogP contribution in [-0.2, 0) is 13.2 Å². The molecule has 1 aromatic heterocycles. The standard InChI is InChI=1S/C13H16N2O2/c1-16-12-3-2-4-13(7-12)17-9-11-6-5-10(8-14)15-11/h2-7,15H,8-9,14H2,1H3. The maximum absolute atomic E-state index is 5.64. The van der Waals surface area contributed by atoms with E-state index in [9.17, 15) is 0 Å². The molecule has 2 rings (SSSR count). The van der Waals surface area contributed by atoms with Gasteiger partial charge >= 0.3 is 0 Å². The highest BCUT2D eigenvalue weighted by atomic mass is 16.5. The first-order chi connectivity index (χ1) is 8.31. The first kappa shape index (κ1) is 11.5. The lowest BCUT2D eigenvalue weighted by molar-refractivity contribution is 0.299. The van der Waals surface area contributed by atoms with Crippen LogP contribution in [0.3, 0.4) is 0 Å². The topological polar surface area (TPSA) is 60.3 Å². The summed E-state index contributed by atoms with van der Waals surface area (Å²) in [6.45, 7) is 1.01. The van der Waals surface area contributed by atoms with Crippen molar-refractivity contribution in [2.45, 2.75) is 13.2 Å². The zero-order valence-corrected chi connectivity index (χ0v) is 9.77. The number of hydrogen-bond acceptors (Lipinski definition) is 3. The van der Waals surface area contributed by atoms with Gasteiger partial charge in [-0.15, -0.1) is 0 Å². The van der Waals surface area contributed by atoms with Crippen LogP contribution in [-0.4, -0.2) is 12.1 Å². The fourth-order valence-electron chi connectivity index (χ4n) is 1.55. The fraction of sp³-hybridized carbons (Fsp3) is 0.231. The summed E-state index contributed by atoms with van der Waals surface area (Å²) >= 11 is 0. The molecule has 0 radical (unpaired) electrons. The van der Waals surface area contributed by atoms with E-state index in [2.05, 4.69) is 4.98 Å². The van der Waals surface area contributed by atoms with Crippen LogP contribution in [0.25, 0.3) is 0 Å². The van der Waals surface area contributed by atoms with Crippen LogP contribution in [0.5, 0.6) is 11.5 Å². The van der Waals surface area contributed by atoms with Gasteiger partial charge < -0.3 is 20.2 Å². The second kappa shape index (κ2) is 5.41. The number of nitrogens with two attached hydrogens (primary N) is 1. The van der Waals surface area contributed by atoms with Crippen molar-refractivity contribution in [3.8, 4) is 11.5 Å². The minimum absolute atomic E-state index is 0.493. The molecule has 0 spiro atoms. The van der Waals surface area contributed by atoms with Crippen LogP contribution >= 0.6 is 0 Å². The third-order valence-electron chi connectivity index (χ3n) is 2.46. The van der Waals surface area contributed by atoms with Gasteiger partial charge in [-0.3, -0.25) is 0 Å². The molecule has 0 aliphatic heterocycles. The average molecular weight is 232 g/mol. The maximum atomic E-state index is 5.64. The Kier molecular flexibility index (Phi) is 3.67. The Bertz CT molecular complexity index is 480. The van der Waals surface area contributed by atoms with Crippen LogP contribution in [0.4, 0.5) is 0 Å². The van der Waals surface area contributed by atoms with Crippen molar-refractivity contribution >= 4 is 0 Å². The molecule has 0 unspecified atom stereocenters. The number of benzene rings is 1. The van der Waals surface area contributed by atoms with Gasteiger partial charge in [0.2, 0.25) is 0 Å². The highest BCUT2D eigenvalue weighted by Crippen LogP contribution is 2.19. The number of H-pyrrole nitrogens is 1. The van der Waals surface area contributed by atoms with Crippen molar-refractivity contribution in [3.63, 3.8) is 0 Å². The van der Waals surface area contributed by atoms with Gasteiger partial charge in [-0.2, -0.15) is 0 Å². The van der Waals surface area contributed by atoms with Gasteiger partial charge in [-0.25, -0.2) is 0 Å². The van der Waals surface area contributed by atoms with Crippen LogP contribution < -0.4 is 15.2 Å². The predicted molar refractivity (Wildman–Crippen MR) is 66.0 cm³/mol. The number of hydrogen-bond donors (Lipinski definition) is 2. The second-order valence-electron chi connectivity index (χ2n) is 3.68. The van der Waals surface area contributed by atoms with Crippen LogP contribution in [0.2, 0.25) is 0 Å². The molecule has 17 heavy (non-hydrogen) atoms. The first-order valence-corrected chi connectivity index (χ1v) is 5.45. The molecule has 3 N–H and O–H groups in total. The van der Waals surface area contributed by atoms with Crippen molar-refractivity contribution in [2.24, 2.45) is 5.73 Å². The lowest BCUT2D eigenvalue weighted by atomic mass is 10.3. The number of ether oxygens (including phenoxy) is 2. The predicted octanol–water partition coefficient (Wildman–Crippen LogP) is 2.06. The molecule has 0 saturated carbocycles. The Hall–Kier alpha value is -1.94. The minimum Gasteiger partial charge on any atom is -0.497 e. The van der Waals surface area contributed by atoms with Crippen molar-refractivity contribution in [3.05, 3.63) is 47.8 Å². The Morgan fingerprint density at radius 1 is 1.12 bits per heavy atom. The quantitative estimate of drug-likeness (QED) is 0.829. The molecule has 0 aliphatic carbocycles. The summed E-state index contributed by atoms with van der Waals surface area (Å²) in [5.74, 6) is 1.57. The van der Waals surface area contributed by atoms with Gasteiger partial charge in [0.1, 0.15) is 18.1 Å². The Labute approximate surface area is 100 Å². The lowest BCUT2D eigenvalue weighted by Gasteiger charge is -2.06. The summed E-state index contributed by atoms with van der Waals surface area (Å²) in [6.07, 6.45) is 0. The number of aromatic amines is 1. The van der Waals surface area contributed by atoms with E-state index in [0.29, 0.717) is 13.2 Å².